The Morgan fingerprint density at radius 2 is 1.71 bits per heavy atom. The third-order valence-electron chi connectivity index (χ3n) is 6.05. The minimum atomic E-state index is 0.671. The van der Waals surface area contributed by atoms with Crippen LogP contribution in [0.25, 0.3) is 5.78 Å². The number of benzene rings is 1. The lowest BCUT2D eigenvalue weighted by Crippen LogP contribution is -2.46. The molecule has 2 saturated heterocycles. The minimum absolute atomic E-state index is 0.671. The number of piperazine rings is 1. The summed E-state index contributed by atoms with van der Waals surface area (Å²) in [5, 5.41) is 5.60. The molecule has 0 saturated carbocycles. The SMILES string of the molecule is Cc1cc(N2CCOCC2)n2nc(CN3CCN(c4cc(Cl)ccc4C)CC3)nc2n1. The van der Waals surface area contributed by atoms with Gasteiger partial charge < -0.3 is 14.5 Å². The van der Waals surface area contributed by atoms with Gasteiger partial charge in [-0.05, 0) is 31.5 Å². The summed E-state index contributed by atoms with van der Waals surface area (Å²) in [5.74, 6) is 2.54. The summed E-state index contributed by atoms with van der Waals surface area (Å²) in [7, 11) is 0. The highest BCUT2D eigenvalue weighted by Crippen LogP contribution is 2.25. The zero-order valence-electron chi connectivity index (χ0n) is 18.1. The van der Waals surface area contributed by atoms with Crippen molar-refractivity contribution in [2.24, 2.45) is 0 Å². The highest BCUT2D eigenvalue weighted by atomic mass is 35.5. The number of hydrogen-bond acceptors (Lipinski definition) is 7. The number of fused-ring (bicyclic) bond motifs is 1. The smallest absolute Gasteiger partial charge is 0.254 e. The van der Waals surface area contributed by atoms with Gasteiger partial charge in [0, 0.05) is 61.7 Å². The lowest BCUT2D eigenvalue weighted by molar-refractivity contribution is 0.122. The van der Waals surface area contributed by atoms with Gasteiger partial charge in [-0.25, -0.2) is 4.98 Å². The first-order valence-electron chi connectivity index (χ1n) is 10.9. The third kappa shape index (κ3) is 4.33. The predicted molar refractivity (Wildman–Crippen MR) is 122 cm³/mol. The predicted octanol–water partition coefficient (Wildman–Crippen LogP) is 2.55. The van der Waals surface area contributed by atoms with Crippen molar-refractivity contribution < 1.29 is 4.74 Å². The number of anilines is 2. The summed E-state index contributed by atoms with van der Waals surface area (Å²) in [6.07, 6.45) is 0. The molecule has 0 unspecified atom stereocenters. The van der Waals surface area contributed by atoms with Gasteiger partial charge in [-0.3, -0.25) is 4.90 Å². The molecule has 0 amide bonds. The van der Waals surface area contributed by atoms with E-state index in [4.69, 9.17) is 26.4 Å². The fraction of sp³-hybridized carbons (Fsp3) is 0.500. The normalized spacial score (nSPS) is 18.2. The molecule has 3 aromatic rings. The molecule has 2 fully saturated rings. The quantitative estimate of drug-likeness (QED) is 0.616. The van der Waals surface area contributed by atoms with E-state index in [1.54, 1.807) is 0 Å². The molecule has 0 atom stereocenters. The molecule has 9 heteroatoms. The number of rotatable bonds is 4. The number of halogens is 1. The van der Waals surface area contributed by atoms with Crippen LogP contribution in [0.2, 0.25) is 5.02 Å². The standard InChI is InChI=1S/C22H28ClN7O/c1-16-3-4-18(23)14-19(16)28-7-5-27(6-8-28)15-20-25-22-24-17(2)13-21(30(22)26-20)29-9-11-31-12-10-29/h3-4,13-14H,5-12,15H2,1-2H3. The molecule has 2 aliphatic rings. The maximum Gasteiger partial charge on any atom is 0.254 e. The first-order chi connectivity index (χ1) is 15.1. The van der Waals surface area contributed by atoms with Crippen molar-refractivity contribution in [1.82, 2.24) is 24.5 Å². The Morgan fingerprint density at radius 1 is 0.935 bits per heavy atom. The van der Waals surface area contributed by atoms with Crippen LogP contribution in [0.15, 0.2) is 24.3 Å². The first kappa shape index (κ1) is 20.5. The molecular formula is C22H28ClN7O. The van der Waals surface area contributed by atoms with Crippen LogP contribution in [0, 0.1) is 13.8 Å². The second-order valence-electron chi connectivity index (χ2n) is 8.29. The van der Waals surface area contributed by atoms with E-state index in [0.717, 1.165) is 81.4 Å². The van der Waals surface area contributed by atoms with Gasteiger partial charge >= 0.3 is 0 Å². The van der Waals surface area contributed by atoms with E-state index in [1.807, 2.05) is 17.5 Å². The Kier molecular flexibility index (Phi) is 5.69. The second-order valence-corrected chi connectivity index (χ2v) is 8.73. The summed E-state index contributed by atoms with van der Waals surface area (Å²) in [6, 6.07) is 8.19. The molecule has 31 heavy (non-hydrogen) atoms. The summed E-state index contributed by atoms with van der Waals surface area (Å²) in [4.78, 5) is 16.5. The van der Waals surface area contributed by atoms with Crippen LogP contribution < -0.4 is 9.80 Å². The number of aromatic nitrogens is 4. The molecule has 164 valence electrons. The number of ether oxygens (including phenoxy) is 1. The van der Waals surface area contributed by atoms with Crippen molar-refractivity contribution >= 4 is 28.9 Å². The minimum Gasteiger partial charge on any atom is -0.378 e. The van der Waals surface area contributed by atoms with Gasteiger partial charge in [-0.2, -0.15) is 9.50 Å². The zero-order chi connectivity index (χ0) is 21.4. The van der Waals surface area contributed by atoms with E-state index in [9.17, 15) is 0 Å². The molecule has 2 aliphatic heterocycles. The molecule has 0 N–H and O–H groups in total. The monoisotopic (exact) mass is 441 g/mol. The van der Waals surface area contributed by atoms with Gasteiger partial charge in [0.2, 0.25) is 0 Å². The Balaban J connectivity index is 1.29. The first-order valence-corrected chi connectivity index (χ1v) is 11.2. The lowest BCUT2D eigenvalue weighted by atomic mass is 10.1. The average Bonchev–Trinajstić information content (AvgIpc) is 3.18. The van der Waals surface area contributed by atoms with Crippen LogP contribution in [-0.4, -0.2) is 77.0 Å². The fourth-order valence-electron chi connectivity index (χ4n) is 4.36. The second kappa shape index (κ2) is 8.61. The van der Waals surface area contributed by atoms with Crippen molar-refractivity contribution in [2.45, 2.75) is 20.4 Å². The molecule has 4 heterocycles. The van der Waals surface area contributed by atoms with E-state index in [0.29, 0.717) is 5.78 Å². The van der Waals surface area contributed by atoms with Crippen LogP contribution >= 0.6 is 11.6 Å². The van der Waals surface area contributed by atoms with Crippen molar-refractivity contribution in [3.63, 3.8) is 0 Å². The Morgan fingerprint density at radius 3 is 2.48 bits per heavy atom. The summed E-state index contributed by atoms with van der Waals surface area (Å²) < 4.78 is 7.39. The van der Waals surface area contributed by atoms with Gasteiger partial charge in [0.15, 0.2) is 5.82 Å². The molecule has 5 rings (SSSR count). The highest BCUT2D eigenvalue weighted by Gasteiger charge is 2.22. The molecular weight excluding hydrogens is 414 g/mol. The van der Waals surface area contributed by atoms with Gasteiger partial charge in [0.05, 0.1) is 19.8 Å². The van der Waals surface area contributed by atoms with Gasteiger partial charge in [0.1, 0.15) is 5.82 Å². The van der Waals surface area contributed by atoms with Gasteiger partial charge in [0.25, 0.3) is 5.78 Å². The average molecular weight is 442 g/mol. The lowest BCUT2D eigenvalue weighted by Gasteiger charge is -2.36. The van der Waals surface area contributed by atoms with Crippen molar-refractivity contribution in [3.8, 4) is 0 Å². The van der Waals surface area contributed by atoms with Crippen molar-refractivity contribution in [2.75, 3.05) is 62.3 Å². The van der Waals surface area contributed by atoms with Crippen LogP contribution in [0.5, 0.6) is 0 Å². The topological polar surface area (TPSA) is 62.0 Å². The maximum atomic E-state index is 6.22. The zero-order valence-corrected chi connectivity index (χ0v) is 18.8. The van der Waals surface area contributed by atoms with Gasteiger partial charge in [-0.1, -0.05) is 17.7 Å². The Bertz CT molecular complexity index is 1070. The molecule has 2 aromatic heterocycles. The Labute approximate surface area is 187 Å². The molecule has 0 radical (unpaired) electrons. The number of nitrogens with zero attached hydrogens (tertiary/aromatic N) is 7. The molecule has 8 nitrogen and oxygen atoms in total. The summed E-state index contributed by atoms with van der Waals surface area (Å²) in [6.45, 7) is 11.9. The molecule has 1 aromatic carbocycles. The van der Waals surface area contributed by atoms with Crippen LogP contribution in [0.4, 0.5) is 11.5 Å². The van der Waals surface area contributed by atoms with Crippen LogP contribution in [-0.2, 0) is 11.3 Å². The van der Waals surface area contributed by atoms with Gasteiger partial charge in [-0.15, -0.1) is 5.10 Å². The fourth-order valence-corrected chi connectivity index (χ4v) is 4.53. The van der Waals surface area contributed by atoms with E-state index in [-0.39, 0.29) is 0 Å². The van der Waals surface area contributed by atoms with E-state index < -0.39 is 0 Å². The van der Waals surface area contributed by atoms with Crippen LogP contribution in [0.3, 0.4) is 0 Å². The van der Waals surface area contributed by atoms with E-state index >= 15 is 0 Å². The molecule has 0 aliphatic carbocycles. The number of aryl methyl sites for hydroxylation is 2. The number of morpholine rings is 1. The summed E-state index contributed by atoms with van der Waals surface area (Å²) >= 11 is 6.22. The third-order valence-corrected chi connectivity index (χ3v) is 6.28. The maximum absolute atomic E-state index is 6.22. The summed E-state index contributed by atoms with van der Waals surface area (Å²) in [5.41, 5.74) is 3.45. The van der Waals surface area contributed by atoms with Crippen LogP contribution in [0.1, 0.15) is 17.1 Å². The van der Waals surface area contributed by atoms with Crippen molar-refractivity contribution in [3.05, 3.63) is 46.4 Å². The van der Waals surface area contributed by atoms with E-state index in [1.165, 1.54) is 11.3 Å². The number of hydrogen-bond donors (Lipinski definition) is 0. The molecule has 0 spiro atoms. The Hall–Kier alpha value is -2.42. The largest absolute Gasteiger partial charge is 0.378 e. The van der Waals surface area contributed by atoms with Crippen molar-refractivity contribution in [1.29, 1.82) is 0 Å². The van der Waals surface area contributed by atoms with E-state index in [2.05, 4.69) is 44.8 Å². The molecule has 0 bridgehead atoms. The highest BCUT2D eigenvalue weighted by molar-refractivity contribution is 6.30.